The maximum atomic E-state index is 12.6. The summed E-state index contributed by atoms with van der Waals surface area (Å²) in [7, 11) is -2.01. The second-order valence-corrected chi connectivity index (χ2v) is 9.13. The minimum absolute atomic E-state index is 0.0588. The number of benzene rings is 1. The van der Waals surface area contributed by atoms with E-state index in [2.05, 4.69) is 36.6 Å². The summed E-state index contributed by atoms with van der Waals surface area (Å²) < 4.78 is 34.2. The number of halogens is 2. The van der Waals surface area contributed by atoms with Crippen molar-refractivity contribution in [2.24, 2.45) is 5.41 Å². The van der Waals surface area contributed by atoms with E-state index in [1.165, 1.54) is 0 Å². The summed E-state index contributed by atoms with van der Waals surface area (Å²) in [6.45, 7) is 3.98. The van der Waals surface area contributed by atoms with E-state index in [9.17, 15) is 8.42 Å². The van der Waals surface area contributed by atoms with Gasteiger partial charge in [-0.05, 0) is 50.4 Å². The van der Waals surface area contributed by atoms with Gasteiger partial charge in [0.1, 0.15) is 4.90 Å². The molecule has 1 saturated carbocycles. The van der Waals surface area contributed by atoms with E-state index >= 15 is 0 Å². The first kappa shape index (κ1) is 17.2. The first-order chi connectivity index (χ1) is 9.59. The van der Waals surface area contributed by atoms with Gasteiger partial charge in [-0.2, -0.15) is 0 Å². The van der Waals surface area contributed by atoms with Crippen LogP contribution in [0.25, 0.3) is 0 Å². The number of sulfonamides is 1. The van der Waals surface area contributed by atoms with Crippen LogP contribution in [0.2, 0.25) is 0 Å². The van der Waals surface area contributed by atoms with Crippen LogP contribution in [0, 0.1) is 5.41 Å². The molecule has 21 heavy (non-hydrogen) atoms. The van der Waals surface area contributed by atoms with Gasteiger partial charge in [0.25, 0.3) is 0 Å². The van der Waals surface area contributed by atoms with Crippen LogP contribution >= 0.6 is 31.9 Å². The standard InChI is InChI=1S/C13H18Br2N2O3S/c1-13(2)10(6-11(13)20-3)17-21(18,19)12-8(14)4-7(16)5-9(12)15/h4-5,10-11,17H,6,16H2,1-3H3. The fraction of sp³-hybridized carbons (Fsp3) is 0.538. The van der Waals surface area contributed by atoms with Gasteiger partial charge in [0.05, 0.1) is 6.10 Å². The van der Waals surface area contributed by atoms with Crippen LogP contribution in [0.4, 0.5) is 5.69 Å². The summed E-state index contributed by atoms with van der Waals surface area (Å²) in [6, 6.07) is 2.98. The Labute approximate surface area is 141 Å². The Morgan fingerprint density at radius 1 is 1.33 bits per heavy atom. The average molecular weight is 442 g/mol. The second-order valence-electron chi connectivity index (χ2n) is 5.77. The Bertz CT molecular complexity index is 638. The van der Waals surface area contributed by atoms with Gasteiger partial charge < -0.3 is 10.5 Å². The van der Waals surface area contributed by atoms with Gasteiger partial charge in [-0.15, -0.1) is 0 Å². The van der Waals surface area contributed by atoms with Gasteiger partial charge in [0.15, 0.2) is 0 Å². The lowest BCUT2D eigenvalue weighted by Crippen LogP contribution is -2.61. The van der Waals surface area contributed by atoms with Crippen LogP contribution in [-0.2, 0) is 14.8 Å². The molecule has 1 fully saturated rings. The summed E-state index contributed by atoms with van der Waals surface area (Å²) in [6.07, 6.45) is 0.718. The van der Waals surface area contributed by atoms with Gasteiger partial charge in [-0.1, -0.05) is 13.8 Å². The molecule has 2 unspecified atom stereocenters. The lowest BCUT2D eigenvalue weighted by atomic mass is 9.65. The lowest BCUT2D eigenvalue weighted by Gasteiger charge is -2.51. The Morgan fingerprint density at radius 3 is 2.29 bits per heavy atom. The third-order valence-electron chi connectivity index (χ3n) is 4.05. The number of anilines is 1. The van der Waals surface area contributed by atoms with Gasteiger partial charge in [-0.25, -0.2) is 13.1 Å². The number of nitrogens with one attached hydrogen (secondary N) is 1. The Morgan fingerprint density at radius 2 is 1.86 bits per heavy atom. The summed E-state index contributed by atoms with van der Waals surface area (Å²) in [5.74, 6) is 0. The maximum absolute atomic E-state index is 12.6. The summed E-state index contributed by atoms with van der Waals surface area (Å²) in [5, 5.41) is 0. The molecule has 2 atom stereocenters. The van der Waals surface area contributed by atoms with Crippen molar-refractivity contribution in [1.29, 1.82) is 0 Å². The molecular weight excluding hydrogens is 424 g/mol. The van der Waals surface area contributed by atoms with E-state index in [0.717, 1.165) is 0 Å². The van der Waals surface area contributed by atoms with E-state index in [1.54, 1.807) is 19.2 Å². The lowest BCUT2D eigenvalue weighted by molar-refractivity contribution is -0.0908. The van der Waals surface area contributed by atoms with Gasteiger partial charge in [0.2, 0.25) is 10.0 Å². The molecule has 0 amide bonds. The number of rotatable bonds is 4. The van der Waals surface area contributed by atoms with Crippen LogP contribution in [0.15, 0.2) is 26.0 Å². The van der Waals surface area contributed by atoms with Crippen molar-refractivity contribution in [2.75, 3.05) is 12.8 Å². The Kier molecular flexibility index (Phi) is 4.76. The number of hydrogen-bond donors (Lipinski definition) is 2. The molecule has 118 valence electrons. The predicted molar refractivity (Wildman–Crippen MR) is 89.6 cm³/mol. The van der Waals surface area contributed by atoms with Crippen molar-refractivity contribution in [3.8, 4) is 0 Å². The minimum Gasteiger partial charge on any atom is -0.399 e. The molecule has 1 aromatic carbocycles. The van der Waals surface area contributed by atoms with Gasteiger partial charge in [-0.3, -0.25) is 0 Å². The molecule has 0 bridgehead atoms. The highest BCUT2D eigenvalue weighted by molar-refractivity contribution is 9.11. The fourth-order valence-electron chi connectivity index (χ4n) is 2.57. The van der Waals surface area contributed by atoms with Crippen LogP contribution in [0.5, 0.6) is 0 Å². The van der Waals surface area contributed by atoms with Crippen LogP contribution in [-0.4, -0.2) is 27.7 Å². The normalized spacial score (nSPS) is 24.6. The number of hydrogen-bond acceptors (Lipinski definition) is 4. The summed E-state index contributed by atoms with van der Waals surface area (Å²) in [4.78, 5) is 0.161. The summed E-state index contributed by atoms with van der Waals surface area (Å²) in [5.41, 5.74) is 5.94. The minimum atomic E-state index is -3.66. The van der Waals surface area contributed by atoms with E-state index in [4.69, 9.17) is 10.5 Å². The zero-order valence-electron chi connectivity index (χ0n) is 12.0. The maximum Gasteiger partial charge on any atom is 0.243 e. The average Bonchev–Trinajstić information content (AvgIpc) is 2.32. The van der Waals surface area contributed by atoms with E-state index in [0.29, 0.717) is 21.1 Å². The second kappa shape index (κ2) is 5.81. The molecule has 1 aliphatic rings. The molecule has 1 aliphatic carbocycles. The van der Waals surface area contributed by atoms with Crippen molar-refractivity contribution in [2.45, 2.75) is 37.3 Å². The zero-order valence-corrected chi connectivity index (χ0v) is 16.0. The quantitative estimate of drug-likeness (QED) is 0.703. The van der Waals surface area contributed by atoms with Crippen molar-refractivity contribution >= 4 is 47.6 Å². The number of methoxy groups -OCH3 is 1. The molecule has 0 aromatic heterocycles. The molecule has 0 radical (unpaired) electrons. The molecule has 2 rings (SSSR count). The Balaban J connectivity index is 2.29. The zero-order chi connectivity index (χ0) is 16.0. The highest BCUT2D eigenvalue weighted by atomic mass is 79.9. The van der Waals surface area contributed by atoms with Crippen LogP contribution in [0.1, 0.15) is 20.3 Å². The van der Waals surface area contributed by atoms with Crippen LogP contribution in [0.3, 0.4) is 0 Å². The third kappa shape index (κ3) is 3.14. The molecule has 0 aliphatic heterocycles. The molecule has 8 heteroatoms. The van der Waals surface area contributed by atoms with E-state index in [-0.39, 0.29) is 22.5 Å². The van der Waals surface area contributed by atoms with Crippen molar-refractivity contribution < 1.29 is 13.2 Å². The number of nitrogens with two attached hydrogens (primary N) is 1. The van der Waals surface area contributed by atoms with Crippen LogP contribution < -0.4 is 10.5 Å². The van der Waals surface area contributed by atoms with Crippen molar-refractivity contribution in [3.05, 3.63) is 21.1 Å². The highest BCUT2D eigenvalue weighted by Gasteiger charge is 2.50. The van der Waals surface area contributed by atoms with Crippen molar-refractivity contribution in [1.82, 2.24) is 4.72 Å². The monoisotopic (exact) mass is 440 g/mol. The first-order valence-electron chi connectivity index (χ1n) is 6.39. The SMILES string of the molecule is COC1CC(NS(=O)(=O)c2c(Br)cc(N)cc2Br)C1(C)C. The smallest absolute Gasteiger partial charge is 0.243 e. The molecule has 0 heterocycles. The first-order valence-corrected chi connectivity index (χ1v) is 9.46. The topological polar surface area (TPSA) is 81.4 Å². The Hall–Kier alpha value is -0.150. The molecule has 1 aromatic rings. The molecule has 5 nitrogen and oxygen atoms in total. The van der Waals surface area contributed by atoms with Gasteiger partial charge in [0, 0.05) is 33.2 Å². The molecule has 0 saturated heterocycles. The molecular formula is C13H18Br2N2O3S. The number of nitrogen functional groups attached to an aromatic ring is 1. The van der Waals surface area contributed by atoms with Crippen molar-refractivity contribution in [3.63, 3.8) is 0 Å². The highest BCUT2D eigenvalue weighted by Crippen LogP contribution is 2.43. The summed E-state index contributed by atoms with van der Waals surface area (Å²) >= 11 is 6.53. The third-order valence-corrected chi connectivity index (χ3v) is 7.40. The fourth-order valence-corrected chi connectivity index (χ4v) is 6.59. The van der Waals surface area contributed by atoms with Gasteiger partial charge >= 0.3 is 0 Å². The van der Waals surface area contributed by atoms with E-state index < -0.39 is 10.0 Å². The number of ether oxygens (including phenoxy) is 1. The van der Waals surface area contributed by atoms with E-state index in [1.807, 2.05) is 13.8 Å². The largest absolute Gasteiger partial charge is 0.399 e. The predicted octanol–water partition coefficient (Wildman–Crippen LogP) is 2.89. The molecule has 0 spiro atoms. The molecule has 3 N–H and O–H groups in total.